The molecule has 0 aromatic heterocycles. The third-order valence-electron chi connectivity index (χ3n) is 3.13. The van der Waals surface area contributed by atoms with Crippen molar-refractivity contribution < 1.29 is 0 Å². The highest BCUT2D eigenvalue weighted by molar-refractivity contribution is 4.89. The maximum absolute atomic E-state index is 8.75. The Morgan fingerprint density at radius 2 is 2.43 bits per heavy atom. The van der Waals surface area contributed by atoms with Crippen molar-refractivity contribution in [2.75, 3.05) is 20.1 Å². The third kappa shape index (κ3) is 2.70. The van der Waals surface area contributed by atoms with E-state index in [1.165, 1.54) is 19.4 Å². The van der Waals surface area contributed by atoms with Gasteiger partial charge in [0.25, 0.3) is 0 Å². The van der Waals surface area contributed by atoms with Gasteiger partial charge in [-0.3, -0.25) is 4.90 Å². The molecule has 2 atom stereocenters. The lowest BCUT2D eigenvalue weighted by atomic mass is 10.1. The fourth-order valence-electron chi connectivity index (χ4n) is 2.40. The van der Waals surface area contributed by atoms with Gasteiger partial charge < -0.3 is 5.32 Å². The lowest BCUT2D eigenvalue weighted by Gasteiger charge is -2.31. The van der Waals surface area contributed by atoms with Crippen molar-refractivity contribution in [2.24, 2.45) is 0 Å². The first-order chi connectivity index (χ1) is 6.83. The average Bonchev–Trinajstić information content (AvgIpc) is 2.63. The van der Waals surface area contributed by atoms with Crippen LogP contribution in [0.5, 0.6) is 0 Å². The number of likely N-dealkylation sites (tertiary alicyclic amines) is 1. The maximum atomic E-state index is 8.75. The third-order valence-corrected chi connectivity index (χ3v) is 3.13. The van der Waals surface area contributed by atoms with E-state index in [0.717, 1.165) is 13.0 Å². The molecular formula is C11H21N3. The van der Waals surface area contributed by atoms with Gasteiger partial charge in [0.15, 0.2) is 0 Å². The zero-order chi connectivity index (χ0) is 10.4. The van der Waals surface area contributed by atoms with E-state index in [9.17, 15) is 0 Å². The van der Waals surface area contributed by atoms with Gasteiger partial charge in [0.2, 0.25) is 0 Å². The molecule has 0 aromatic carbocycles. The molecule has 0 bridgehead atoms. The van der Waals surface area contributed by atoms with Crippen LogP contribution in [0.3, 0.4) is 0 Å². The van der Waals surface area contributed by atoms with E-state index in [-0.39, 0.29) is 0 Å². The number of nitriles is 1. The van der Waals surface area contributed by atoms with E-state index in [1.807, 2.05) is 7.05 Å². The number of hydrogen-bond donors (Lipinski definition) is 1. The maximum Gasteiger partial charge on any atom is 0.0638 e. The molecule has 1 N–H and O–H groups in total. The molecule has 3 heteroatoms. The van der Waals surface area contributed by atoms with Gasteiger partial charge in [-0.2, -0.15) is 5.26 Å². The van der Waals surface area contributed by atoms with Gasteiger partial charge in [-0.1, -0.05) is 6.92 Å². The minimum atomic E-state index is 0.473. The monoisotopic (exact) mass is 195 g/mol. The van der Waals surface area contributed by atoms with Crippen LogP contribution < -0.4 is 5.32 Å². The van der Waals surface area contributed by atoms with Crippen LogP contribution in [0, 0.1) is 11.3 Å². The van der Waals surface area contributed by atoms with Crippen molar-refractivity contribution in [3.63, 3.8) is 0 Å². The summed E-state index contributed by atoms with van der Waals surface area (Å²) >= 11 is 0. The Morgan fingerprint density at radius 3 is 3.00 bits per heavy atom. The largest absolute Gasteiger partial charge is 0.318 e. The molecule has 1 heterocycles. The molecule has 0 spiro atoms. The molecule has 1 aliphatic rings. The average molecular weight is 195 g/mol. The first-order valence-corrected chi connectivity index (χ1v) is 5.60. The van der Waals surface area contributed by atoms with E-state index < -0.39 is 0 Å². The smallest absolute Gasteiger partial charge is 0.0638 e. The van der Waals surface area contributed by atoms with Crippen molar-refractivity contribution in [1.82, 2.24) is 10.2 Å². The molecule has 0 amide bonds. The molecule has 0 saturated carbocycles. The second kappa shape index (κ2) is 6.00. The fraction of sp³-hybridized carbons (Fsp3) is 0.909. The highest BCUT2D eigenvalue weighted by atomic mass is 15.2. The first kappa shape index (κ1) is 11.5. The Balaban J connectivity index is 2.50. The van der Waals surface area contributed by atoms with E-state index >= 15 is 0 Å². The molecule has 3 nitrogen and oxygen atoms in total. The summed E-state index contributed by atoms with van der Waals surface area (Å²) in [7, 11) is 2.00. The zero-order valence-corrected chi connectivity index (χ0v) is 9.29. The number of nitrogens with one attached hydrogen (secondary N) is 1. The lowest BCUT2D eigenvalue weighted by molar-refractivity contribution is 0.175. The summed E-state index contributed by atoms with van der Waals surface area (Å²) in [6.45, 7) is 4.41. The van der Waals surface area contributed by atoms with Gasteiger partial charge >= 0.3 is 0 Å². The summed E-state index contributed by atoms with van der Waals surface area (Å²) in [6.07, 6.45) is 4.33. The zero-order valence-electron chi connectivity index (χ0n) is 9.29. The number of nitrogens with zero attached hydrogens (tertiary/aromatic N) is 2. The summed E-state index contributed by atoms with van der Waals surface area (Å²) in [5, 5.41) is 12.0. The summed E-state index contributed by atoms with van der Waals surface area (Å²) < 4.78 is 0. The minimum Gasteiger partial charge on any atom is -0.318 e. The molecule has 80 valence electrons. The molecule has 2 unspecified atom stereocenters. The van der Waals surface area contributed by atoms with Crippen molar-refractivity contribution >= 4 is 0 Å². The van der Waals surface area contributed by atoms with E-state index in [1.54, 1.807) is 0 Å². The van der Waals surface area contributed by atoms with Gasteiger partial charge in [-0.05, 0) is 32.9 Å². The van der Waals surface area contributed by atoms with Gasteiger partial charge in [0.05, 0.1) is 12.5 Å². The molecule has 1 saturated heterocycles. The fourth-order valence-corrected chi connectivity index (χ4v) is 2.40. The first-order valence-electron chi connectivity index (χ1n) is 5.60. The Kier molecular flexibility index (Phi) is 4.92. The molecule has 0 aliphatic carbocycles. The minimum absolute atomic E-state index is 0.473. The Morgan fingerprint density at radius 1 is 1.64 bits per heavy atom. The van der Waals surface area contributed by atoms with Gasteiger partial charge in [0, 0.05) is 18.6 Å². The van der Waals surface area contributed by atoms with Crippen LogP contribution in [0.1, 0.15) is 32.6 Å². The number of likely N-dealkylation sites (N-methyl/N-ethyl adjacent to an activating group) is 1. The molecule has 1 aliphatic heterocycles. The highest BCUT2D eigenvalue weighted by Gasteiger charge is 2.28. The number of rotatable bonds is 5. The molecular weight excluding hydrogens is 174 g/mol. The van der Waals surface area contributed by atoms with Crippen molar-refractivity contribution in [1.29, 1.82) is 5.26 Å². The Labute approximate surface area is 87.1 Å². The standard InChI is InChI=1S/C11H21N3/c1-3-10(6-7-12)14-8-4-5-11(14)9-13-2/h10-11,13H,3-6,8-9H2,1-2H3. The lowest BCUT2D eigenvalue weighted by Crippen LogP contribution is -2.43. The van der Waals surface area contributed by atoms with E-state index in [0.29, 0.717) is 18.5 Å². The van der Waals surface area contributed by atoms with Gasteiger partial charge in [0.1, 0.15) is 0 Å². The van der Waals surface area contributed by atoms with Gasteiger partial charge in [-0.15, -0.1) is 0 Å². The van der Waals surface area contributed by atoms with Crippen LogP contribution >= 0.6 is 0 Å². The van der Waals surface area contributed by atoms with Crippen LogP contribution in [0.4, 0.5) is 0 Å². The summed E-state index contributed by atoms with van der Waals surface area (Å²) in [5.74, 6) is 0. The molecule has 1 fully saturated rings. The molecule has 0 radical (unpaired) electrons. The predicted octanol–water partition coefficient (Wildman–Crippen LogP) is 1.36. The second-order valence-electron chi connectivity index (χ2n) is 4.02. The topological polar surface area (TPSA) is 39.1 Å². The normalized spacial score (nSPS) is 24.8. The quantitative estimate of drug-likeness (QED) is 0.720. The molecule has 1 rings (SSSR count). The van der Waals surface area contributed by atoms with Crippen molar-refractivity contribution in [2.45, 2.75) is 44.7 Å². The van der Waals surface area contributed by atoms with E-state index in [2.05, 4.69) is 23.2 Å². The summed E-state index contributed by atoms with van der Waals surface area (Å²) in [6, 6.07) is 3.42. The SMILES string of the molecule is CCC(CC#N)N1CCCC1CNC. The molecule has 14 heavy (non-hydrogen) atoms. The Hall–Kier alpha value is -0.590. The Bertz CT molecular complexity index is 197. The highest BCUT2D eigenvalue weighted by Crippen LogP contribution is 2.22. The summed E-state index contributed by atoms with van der Waals surface area (Å²) in [5.41, 5.74) is 0. The molecule has 0 aromatic rings. The van der Waals surface area contributed by atoms with Crippen LogP contribution in [0.25, 0.3) is 0 Å². The van der Waals surface area contributed by atoms with Gasteiger partial charge in [-0.25, -0.2) is 0 Å². The summed E-state index contributed by atoms with van der Waals surface area (Å²) in [4.78, 5) is 2.51. The predicted molar refractivity (Wildman–Crippen MR) is 58.0 cm³/mol. The van der Waals surface area contributed by atoms with Crippen LogP contribution in [0.2, 0.25) is 0 Å². The van der Waals surface area contributed by atoms with Crippen molar-refractivity contribution in [3.05, 3.63) is 0 Å². The van der Waals surface area contributed by atoms with Crippen LogP contribution in [-0.4, -0.2) is 37.1 Å². The van der Waals surface area contributed by atoms with E-state index in [4.69, 9.17) is 5.26 Å². The van der Waals surface area contributed by atoms with Crippen LogP contribution in [0.15, 0.2) is 0 Å². The van der Waals surface area contributed by atoms with Crippen LogP contribution in [-0.2, 0) is 0 Å². The number of hydrogen-bond acceptors (Lipinski definition) is 3. The van der Waals surface area contributed by atoms with Crippen molar-refractivity contribution in [3.8, 4) is 6.07 Å². The second-order valence-corrected chi connectivity index (χ2v) is 4.02.